The van der Waals surface area contributed by atoms with Gasteiger partial charge in [-0.25, -0.2) is 0 Å². The van der Waals surface area contributed by atoms with Crippen LogP contribution in [-0.4, -0.2) is 29.8 Å². The normalized spacial score (nSPS) is 19.6. The third-order valence-electron chi connectivity index (χ3n) is 5.91. The smallest absolute Gasteiger partial charge is 0.263 e. The predicted octanol–water partition coefficient (Wildman–Crippen LogP) is 2.45. The molecule has 0 spiro atoms. The molecule has 6 nitrogen and oxygen atoms in total. The molecule has 1 aromatic carbocycles. The monoisotopic (exact) mass is 379 g/mol. The number of ketones is 1. The molecule has 0 saturated heterocycles. The SMILES string of the molecule is CNC(=O)c1cc(C(=O)C[C@H]2C[C@@H]2C)cn(Cc2cccc3c2CCN3)c1=O. The molecule has 2 N–H and O–H groups in total. The molecule has 1 aliphatic carbocycles. The summed E-state index contributed by atoms with van der Waals surface area (Å²) in [4.78, 5) is 37.9. The van der Waals surface area contributed by atoms with Gasteiger partial charge in [-0.15, -0.1) is 0 Å². The summed E-state index contributed by atoms with van der Waals surface area (Å²) in [5.74, 6) is 0.522. The van der Waals surface area contributed by atoms with Gasteiger partial charge in [0.2, 0.25) is 0 Å². The van der Waals surface area contributed by atoms with Crippen LogP contribution in [0.3, 0.4) is 0 Å². The van der Waals surface area contributed by atoms with Crippen molar-refractivity contribution in [2.75, 3.05) is 18.9 Å². The summed E-state index contributed by atoms with van der Waals surface area (Å²) in [5.41, 5.74) is 3.39. The number of rotatable bonds is 6. The zero-order valence-corrected chi connectivity index (χ0v) is 16.2. The summed E-state index contributed by atoms with van der Waals surface area (Å²) in [7, 11) is 1.49. The van der Waals surface area contributed by atoms with E-state index < -0.39 is 5.91 Å². The number of aromatic nitrogens is 1. The molecule has 2 aliphatic rings. The molecule has 6 heteroatoms. The molecule has 0 bridgehead atoms. The minimum atomic E-state index is -0.465. The maximum absolute atomic E-state index is 12.9. The quantitative estimate of drug-likeness (QED) is 0.756. The summed E-state index contributed by atoms with van der Waals surface area (Å²) < 4.78 is 1.50. The number of benzene rings is 1. The molecule has 2 aromatic rings. The van der Waals surface area contributed by atoms with E-state index in [4.69, 9.17) is 0 Å². The summed E-state index contributed by atoms with van der Waals surface area (Å²) >= 11 is 0. The van der Waals surface area contributed by atoms with Gasteiger partial charge in [0.05, 0.1) is 6.54 Å². The zero-order valence-electron chi connectivity index (χ0n) is 16.2. The summed E-state index contributed by atoms with van der Waals surface area (Å²) in [6.45, 7) is 3.36. The van der Waals surface area contributed by atoms with Gasteiger partial charge in [0.25, 0.3) is 11.5 Å². The third kappa shape index (κ3) is 3.46. The van der Waals surface area contributed by atoms with Gasteiger partial charge >= 0.3 is 0 Å². The number of nitrogens with zero attached hydrogens (tertiary/aromatic N) is 1. The lowest BCUT2D eigenvalue weighted by Gasteiger charge is -2.13. The largest absolute Gasteiger partial charge is 0.384 e. The Morgan fingerprint density at radius 3 is 2.82 bits per heavy atom. The van der Waals surface area contributed by atoms with Crippen molar-refractivity contribution in [2.24, 2.45) is 11.8 Å². The van der Waals surface area contributed by atoms with E-state index in [0.29, 0.717) is 30.4 Å². The number of amides is 1. The van der Waals surface area contributed by atoms with Crippen molar-refractivity contribution in [1.29, 1.82) is 0 Å². The van der Waals surface area contributed by atoms with E-state index in [0.717, 1.165) is 30.6 Å². The number of hydrogen-bond acceptors (Lipinski definition) is 4. The lowest BCUT2D eigenvalue weighted by Crippen LogP contribution is -2.32. The molecular formula is C22H25N3O3. The molecule has 0 radical (unpaired) electrons. The van der Waals surface area contributed by atoms with Crippen LogP contribution in [0, 0.1) is 11.8 Å². The van der Waals surface area contributed by atoms with Gasteiger partial charge in [-0.1, -0.05) is 19.1 Å². The minimum Gasteiger partial charge on any atom is -0.384 e. The highest BCUT2D eigenvalue weighted by atomic mass is 16.2. The maximum atomic E-state index is 12.9. The second-order valence-electron chi connectivity index (χ2n) is 7.88. The van der Waals surface area contributed by atoms with Gasteiger partial charge in [0.1, 0.15) is 5.56 Å². The van der Waals surface area contributed by atoms with Crippen LogP contribution in [0.25, 0.3) is 0 Å². The lowest BCUT2D eigenvalue weighted by atomic mass is 10.0. The molecule has 1 aliphatic heterocycles. The van der Waals surface area contributed by atoms with Crippen LogP contribution in [0.2, 0.25) is 0 Å². The molecule has 2 heterocycles. The Hall–Kier alpha value is -2.89. The Kier molecular flexibility index (Phi) is 4.79. The maximum Gasteiger partial charge on any atom is 0.263 e. The van der Waals surface area contributed by atoms with Gasteiger partial charge in [-0.2, -0.15) is 0 Å². The Balaban J connectivity index is 1.72. The fraction of sp³-hybridized carbons (Fsp3) is 0.409. The Morgan fingerprint density at radius 1 is 1.32 bits per heavy atom. The van der Waals surface area contributed by atoms with E-state index >= 15 is 0 Å². The number of anilines is 1. The van der Waals surface area contributed by atoms with Gasteiger partial charge < -0.3 is 15.2 Å². The number of nitrogens with one attached hydrogen (secondary N) is 2. The molecule has 1 saturated carbocycles. The molecule has 4 rings (SSSR count). The molecule has 1 fully saturated rings. The highest BCUT2D eigenvalue weighted by molar-refractivity contribution is 6.00. The van der Waals surface area contributed by atoms with Crippen molar-refractivity contribution in [3.05, 3.63) is 63.1 Å². The number of carbonyl (C=O) groups excluding carboxylic acids is 2. The Morgan fingerprint density at radius 2 is 2.11 bits per heavy atom. The third-order valence-corrected chi connectivity index (χ3v) is 5.91. The second kappa shape index (κ2) is 7.26. The number of hydrogen-bond donors (Lipinski definition) is 2. The first-order valence-corrected chi connectivity index (χ1v) is 9.82. The van der Waals surface area contributed by atoms with Crippen LogP contribution in [0.15, 0.2) is 35.3 Å². The van der Waals surface area contributed by atoms with Crippen molar-refractivity contribution >= 4 is 17.4 Å². The van der Waals surface area contributed by atoms with Gasteiger partial charge in [-0.05, 0) is 47.9 Å². The Labute approximate surface area is 164 Å². The van der Waals surface area contributed by atoms with Crippen molar-refractivity contribution in [2.45, 2.75) is 32.7 Å². The topological polar surface area (TPSA) is 80.2 Å². The second-order valence-corrected chi connectivity index (χ2v) is 7.88. The number of Topliss-reactive ketones (excluding diaryl/α,β-unsaturated/α-hetero) is 1. The molecule has 0 unspecified atom stereocenters. The standard InChI is InChI=1S/C22H25N3O3/c1-13-8-15(13)10-20(26)16-9-18(21(27)23-2)22(28)25(12-16)11-14-4-3-5-19-17(14)6-7-24-19/h3-5,9,12-13,15,24H,6-8,10-11H2,1-2H3,(H,23,27)/t13-,15+/m0/s1. The number of fused-ring (bicyclic) bond motifs is 1. The summed E-state index contributed by atoms with van der Waals surface area (Å²) in [6, 6.07) is 7.43. The first-order valence-electron chi connectivity index (χ1n) is 9.82. The van der Waals surface area contributed by atoms with E-state index in [1.807, 2.05) is 18.2 Å². The highest BCUT2D eigenvalue weighted by Crippen LogP contribution is 2.41. The first kappa shape index (κ1) is 18.5. The van der Waals surface area contributed by atoms with Crippen molar-refractivity contribution in [3.8, 4) is 0 Å². The Bertz CT molecular complexity index is 1010. The van der Waals surface area contributed by atoms with Gasteiger partial charge in [-0.3, -0.25) is 14.4 Å². The van der Waals surface area contributed by atoms with E-state index in [2.05, 4.69) is 17.6 Å². The lowest BCUT2D eigenvalue weighted by molar-refractivity contribution is 0.0961. The molecule has 1 amide bonds. The fourth-order valence-electron chi connectivity index (χ4n) is 3.99. The number of pyridine rings is 1. The van der Waals surface area contributed by atoms with E-state index in [-0.39, 0.29) is 16.9 Å². The van der Waals surface area contributed by atoms with Crippen LogP contribution < -0.4 is 16.2 Å². The summed E-state index contributed by atoms with van der Waals surface area (Å²) in [5, 5.41) is 5.84. The van der Waals surface area contributed by atoms with Crippen molar-refractivity contribution < 1.29 is 9.59 Å². The fourth-order valence-corrected chi connectivity index (χ4v) is 3.99. The molecule has 28 heavy (non-hydrogen) atoms. The predicted molar refractivity (Wildman–Crippen MR) is 108 cm³/mol. The molecule has 2 atom stereocenters. The highest BCUT2D eigenvalue weighted by Gasteiger charge is 2.34. The van der Waals surface area contributed by atoms with Crippen molar-refractivity contribution in [1.82, 2.24) is 9.88 Å². The summed E-state index contributed by atoms with van der Waals surface area (Å²) in [6.07, 6.45) is 4.06. The first-order chi connectivity index (χ1) is 13.5. The van der Waals surface area contributed by atoms with Gasteiger partial charge in [0, 0.05) is 37.5 Å². The van der Waals surface area contributed by atoms with Crippen LogP contribution >= 0.6 is 0 Å². The molecule has 146 valence electrons. The van der Waals surface area contributed by atoms with Crippen molar-refractivity contribution in [3.63, 3.8) is 0 Å². The van der Waals surface area contributed by atoms with E-state index in [1.165, 1.54) is 23.2 Å². The van der Waals surface area contributed by atoms with Crippen LogP contribution in [0.4, 0.5) is 5.69 Å². The van der Waals surface area contributed by atoms with E-state index in [9.17, 15) is 14.4 Å². The van der Waals surface area contributed by atoms with Crippen LogP contribution in [0.1, 0.15) is 51.6 Å². The molecule has 1 aromatic heterocycles. The molecular weight excluding hydrogens is 354 g/mol. The minimum absolute atomic E-state index is 0.00629. The zero-order chi connectivity index (χ0) is 19.8. The van der Waals surface area contributed by atoms with Crippen LogP contribution in [0.5, 0.6) is 0 Å². The van der Waals surface area contributed by atoms with Gasteiger partial charge in [0.15, 0.2) is 5.78 Å². The van der Waals surface area contributed by atoms with Crippen LogP contribution in [-0.2, 0) is 13.0 Å². The average Bonchev–Trinajstić information content (AvgIpc) is 3.17. The average molecular weight is 379 g/mol. The van der Waals surface area contributed by atoms with E-state index in [1.54, 1.807) is 6.20 Å². The number of carbonyl (C=O) groups is 2.